The highest BCUT2D eigenvalue weighted by Crippen LogP contribution is 2.24. The van der Waals surface area contributed by atoms with Gasteiger partial charge in [-0.25, -0.2) is 14.6 Å². The smallest absolute Gasteiger partial charge is 0.480 e. The van der Waals surface area contributed by atoms with E-state index in [0.29, 0.717) is 12.2 Å². The number of ketones is 1. The fourth-order valence-electron chi connectivity index (χ4n) is 5.11. The first-order valence-electron chi connectivity index (χ1n) is 14.3. The van der Waals surface area contributed by atoms with E-state index in [1.54, 1.807) is 6.20 Å². The van der Waals surface area contributed by atoms with Crippen LogP contribution in [0.5, 0.6) is 0 Å². The first kappa shape index (κ1) is 35.6. The van der Waals surface area contributed by atoms with E-state index in [1.165, 1.54) is 13.3 Å². The van der Waals surface area contributed by atoms with Crippen molar-refractivity contribution in [2.75, 3.05) is 19.6 Å². The van der Waals surface area contributed by atoms with Crippen LogP contribution in [0.2, 0.25) is 0 Å². The maximum absolute atomic E-state index is 13.8. The second-order valence-corrected chi connectivity index (χ2v) is 10.6. The van der Waals surface area contributed by atoms with Gasteiger partial charge in [0, 0.05) is 32.3 Å². The van der Waals surface area contributed by atoms with Crippen LogP contribution in [0.3, 0.4) is 0 Å². The van der Waals surface area contributed by atoms with E-state index in [-0.39, 0.29) is 31.3 Å². The van der Waals surface area contributed by atoms with Crippen molar-refractivity contribution in [2.24, 2.45) is 0 Å². The summed E-state index contributed by atoms with van der Waals surface area (Å²) in [6.45, 7) is 1.89. The number of H-pyrrole nitrogens is 1. The Kier molecular flexibility index (Phi) is 12.8. The Hall–Kier alpha value is -4.83. The van der Waals surface area contributed by atoms with Gasteiger partial charge in [0.25, 0.3) is 0 Å². The number of aliphatic carboxylic acids is 2. The minimum Gasteiger partial charge on any atom is -0.480 e. The average molecular weight is 649 g/mol. The van der Waals surface area contributed by atoms with Crippen LogP contribution in [0.1, 0.15) is 31.0 Å². The van der Waals surface area contributed by atoms with Crippen LogP contribution in [-0.2, 0) is 36.9 Å². The van der Waals surface area contributed by atoms with Crippen molar-refractivity contribution in [3.63, 3.8) is 0 Å². The number of rotatable bonds is 13. The maximum atomic E-state index is 13.8. The molecule has 13 nitrogen and oxygen atoms in total. The number of fused-ring (bicyclic) bond motifs is 1. The molecule has 46 heavy (non-hydrogen) atoms. The van der Waals surface area contributed by atoms with Gasteiger partial charge in [0.05, 0.1) is 31.0 Å². The van der Waals surface area contributed by atoms with Gasteiger partial charge >= 0.3 is 18.1 Å². The second kappa shape index (κ2) is 16.5. The van der Waals surface area contributed by atoms with Crippen molar-refractivity contribution >= 4 is 40.3 Å². The highest BCUT2D eigenvalue weighted by Gasteiger charge is 2.38. The lowest BCUT2D eigenvalue weighted by Crippen LogP contribution is -2.56. The molecule has 0 bridgehead atoms. The summed E-state index contributed by atoms with van der Waals surface area (Å²) in [7, 11) is 0. The Labute approximate surface area is 261 Å². The third kappa shape index (κ3) is 10.7. The molecule has 1 fully saturated rings. The molecule has 2 amide bonds. The Morgan fingerprint density at radius 2 is 1.78 bits per heavy atom. The number of benzene rings is 2. The molecule has 0 radical (unpaired) electrons. The lowest BCUT2D eigenvalue weighted by Gasteiger charge is -2.35. The molecule has 0 saturated carbocycles. The number of carboxylic acids is 2. The van der Waals surface area contributed by atoms with Gasteiger partial charge in [-0.2, -0.15) is 13.2 Å². The van der Waals surface area contributed by atoms with E-state index in [1.807, 2.05) is 47.4 Å². The molecule has 3 aromatic rings. The predicted octanol–water partition coefficient (Wildman–Crippen LogP) is 1.64. The number of hydrogen-bond acceptors (Lipinski definition) is 8. The summed E-state index contributed by atoms with van der Waals surface area (Å²) in [4.78, 5) is 67.9. The molecule has 3 atom stereocenters. The highest BCUT2D eigenvalue weighted by molar-refractivity contribution is 5.89. The highest BCUT2D eigenvalue weighted by atomic mass is 19.4. The second-order valence-electron chi connectivity index (χ2n) is 10.6. The van der Waals surface area contributed by atoms with Crippen LogP contribution in [0.25, 0.3) is 10.8 Å². The fraction of sp³-hybridized carbons (Fsp3) is 0.400. The van der Waals surface area contributed by atoms with Crippen LogP contribution in [0.4, 0.5) is 13.2 Å². The number of aromatic amines is 1. The lowest BCUT2D eigenvalue weighted by molar-refractivity contribution is -0.192. The van der Waals surface area contributed by atoms with E-state index in [0.717, 1.165) is 35.7 Å². The molecule has 4 rings (SSSR count). The van der Waals surface area contributed by atoms with E-state index >= 15 is 0 Å². The summed E-state index contributed by atoms with van der Waals surface area (Å²) in [6, 6.07) is 11.7. The molecule has 1 aliphatic heterocycles. The monoisotopic (exact) mass is 648 g/mol. The summed E-state index contributed by atoms with van der Waals surface area (Å²) in [6.07, 6.45) is -0.111. The minimum absolute atomic E-state index is 0.0810. The molecular weight excluding hydrogens is 613 g/mol. The molecule has 1 aliphatic rings. The fourth-order valence-corrected chi connectivity index (χ4v) is 5.11. The van der Waals surface area contributed by atoms with Crippen LogP contribution >= 0.6 is 0 Å². The zero-order valence-corrected chi connectivity index (χ0v) is 24.8. The number of halogens is 3. The molecule has 1 saturated heterocycles. The number of alkyl halides is 3. The maximum Gasteiger partial charge on any atom is 0.490 e. The van der Waals surface area contributed by atoms with Crippen LogP contribution in [0, 0.1) is 0 Å². The molecule has 6 N–H and O–H groups in total. The average Bonchev–Trinajstić information content (AvgIpc) is 3.70. The Bertz CT molecular complexity index is 1500. The first-order valence-corrected chi connectivity index (χ1v) is 14.3. The third-order valence-electron chi connectivity index (χ3n) is 7.14. The molecule has 16 heteroatoms. The van der Waals surface area contributed by atoms with Gasteiger partial charge in [0.2, 0.25) is 11.8 Å². The molecule has 0 spiro atoms. The van der Waals surface area contributed by atoms with E-state index in [2.05, 4.69) is 25.9 Å². The summed E-state index contributed by atoms with van der Waals surface area (Å²) < 4.78 is 31.7. The first-order chi connectivity index (χ1) is 21.8. The molecule has 1 unspecified atom stereocenters. The van der Waals surface area contributed by atoms with Gasteiger partial charge in [0.15, 0.2) is 5.78 Å². The molecular formula is C30H35F3N6O7. The standard InChI is InChI=1S/C28H34N6O5.C2HF3O2/c1-18(35)31-14-24(28(38)39)33-26(37)16-34(15-20-8-4-7-19-6-2-3-9-22(19)20)27(23-10-5-11-30-23)25(36)12-21-13-29-17-32-21;3-2(4,5)1(6)7/h2-4,6-9,13,17,23-24,27,30H,5,10-12,14-16H2,1H3,(H,29,32)(H,31,35)(H,33,37)(H,38,39);(H,6,7)/t23-,24-,27?;/m0./s1. The number of aromatic nitrogens is 2. The number of carboxylic acid groups (broad SMARTS) is 2. The van der Waals surface area contributed by atoms with E-state index in [9.17, 15) is 37.5 Å². The quantitative estimate of drug-likeness (QED) is 0.159. The number of imidazole rings is 1. The molecule has 1 aromatic heterocycles. The Morgan fingerprint density at radius 3 is 2.37 bits per heavy atom. The van der Waals surface area contributed by atoms with Gasteiger partial charge in [0.1, 0.15) is 6.04 Å². The van der Waals surface area contributed by atoms with Gasteiger partial charge in [-0.1, -0.05) is 42.5 Å². The summed E-state index contributed by atoms with van der Waals surface area (Å²) in [5, 5.41) is 27.1. The third-order valence-corrected chi connectivity index (χ3v) is 7.14. The summed E-state index contributed by atoms with van der Waals surface area (Å²) in [5.74, 6) is -5.05. The number of carbonyl (C=O) groups excluding carboxylic acids is 3. The summed E-state index contributed by atoms with van der Waals surface area (Å²) in [5.41, 5.74) is 1.56. The zero-order chi connectivity index (χ0) is 33.9. The number of carbonyl (C=O) groups is 5. The number of amides is 2. The van der Waals surface area contributed by atoms with E-state index in [4.69, 9.17) is 9.90 Å². The van der Waals surface area contributed by atoms with Gasteiger partial charge in [-0.3, -0.25) is 19.3 Å². The minimum atomic E-state index is -5.08. The van der Waals surface area contributed by atoms with Crippen molar-refractivity contribution in [2.45, 2.75) is 57.0 Å². The van der Waals surface area contributed by atoms with E-state index < -0.39 is 42.0 Å². The Morgan fingerprint density at radius 1 is 1.09 bits per heavy atom. The Balaban J connectivity index is 0.000000738. The van der Waals surface area contributed by atoms with Crippen molar-refractivity contribution in [1.82, 2.24) is 30.8 Å². The molecule has 248 valence electrons. The molecule has 0 aliphatic carbocycles. The topological polar surface area (TPSA) is 194 Å². The van der Waals surface area contributed by atoms with Crippen molar-refractivity contribution in [3.8, 4) is 0 Å². The summed E-state index contributed by atoms with van der Waals surface area (Å²) >= 11 is 0. The van der Waals surface area contributed by atoms with Crippen LogP contribution in [0.15, 0.2) is 55.0 Å². The largest absolute Gasteiger partial charge is 0.490 e. The zero-order valence-electron chi connectivity index (χ0n) is 24.8. The lowest BCUT2D eigenvalue weighted by atomic mass is 9.95. The van der Waals surface area contributed by atoms with Gasteiger partial charge in [-0.05, 0) is 35.7 Å². The van der Waals surface area contributed by atoms with Crippen LogP contribution in [-0.4, -0.2) is 98.6 Å². The van der Waals surface area contributed by atoms with Crippen molar-refractivity contribution in [3.05, 3.63) is 66.2 Å². The SMILES string of the molecule is CC(=O)NC[C@H](NC(=O)CN(Cc1cccc2ccccc12)C(C(=O)Cc1c[nH]cn1)[C@@H]1CCCN1)C(=O)O.O=C(O)C(F)(F)F. The van der Waals surface area contributed by atoms with Gasteiger partial charge < -0.3 is 31.1 Å². The van der Waals surface area contributed by atoms with Crippen molar-refractivity contribution < 1.29 is 47.4 Å². The number of hydrogen-bond donors (Lipinski definition) is 6. The number of nitrogens with one attached hydrogen (secondary N) is 4. The van der Waals surface area contributed by atoms with Crippen LogP contribution < -0.4 is 16.0 Å². The van der Waals surface area contributed by atoms with Crippen molar-refractivity contribution in [1.29, 1.82) is 0 Å². The molecule has 2 heterocycles. The predicted molar refractivity (Wildman–Crippen MR) is 158 cm³/mol. The number of nitrogens with zero attached hydrogens (tertiary/aromatic N) is 2. The number of Topliss-reactive ketones (excluding diaryl/α,β-unsaturated/α-hetero) is 1. The normalized spacial score (nSPS) is 15.8. The molecule has 2 aromatic carbocycles. The van der Waals surface area contributed by atoms with Gasteiger partial charge in [-0.15, -0.1) is 0 Å².